The minimum atomic E-state index is -2.18. The number of ether oxygens (including phenoxy) is 4. The summed E-state index contributed by atoms with van der Waals surface area (Å²) in [4.78, 5) is 7.71. The lowest BCUT2D eigenvalue weighted by molar-refractivity contribution is -0.313. The molecule has 0 aromatic heterocycles. The van der Waals surface area contributed by atoms with Gasteiger partial charge in [0.25, 0.3) is 0 Å². The van der Waals surface area contributed by atoms with Gasteiger partial charge in [-0.15, -0.1) is 0 Å². The Hall–Kier alpha value is -2.58. The van der Waals surface area contributed by atoms with Crippen LogP contribution in [0, 0.1) is 0 Å². The average Bonchev–Trinajstić information content (AvgIpc) is 3.17. The summed E-state index contributed by atoms with van der Waals surface area (Å²) in [5.41, 5.74) is 27.5. The summed E-state index contributed by atoms with van der Waals surface area (Å²) in [6, 6.07) is -4.07. The van der Waals surface area contributed by atoms with Crippen LogP contribution in [-0.2, 0) is 18.9 Å². The van der Waals surface area contributed by atoms with Crippen LogP contribution in [0.25, 0.3) is 0 Å². The minimum absolute atomic E-state index is 0.237. The maximum atomic E-state index is 11.8. The molecule has 0 bridgehead atoms. The molecule has 3 fully saturated rings. The Balaban J connectivity index is 2.04. The molecule has 2 saturated heterocycles. The van der Waals surface area contributed by atoms with Gasteiger partial charge in [0.2, 0.25) is 0 Å². The minimum Gasteiger partial charge on any atom is -0.394 e. The molecule has 1 saturated carbocycles. The van der Waals surface area contributed by atoms with Crippen molar-refractivity contribution >= 4 is 35.5 Å². The monoisotopic (exact) mass is 654 g/mol. The van der Waals surface area contributed by atoms with Crippen molar-refractivity contribution in [2.75, 3.05) is 13.7 Å². The van der Waals surface area contributed by atoms with Crippen LogP contribution in [0.3, 0.4) is 0 Å². The van der Waals surface area contributed by atoms with E-state index in [2.05, 4.69) is 25.8 Å². The number of hydrogen-bond donors (Lipinski definition) is 14. The first-order valence-electron chi connectivity index (χ1n) is 13.4. The fraction of sp³-hybridized carbons (Fsp3) is 0.818. The van der Waals surface area contributed by atoms with Crippen LogP contribution < -0.4 is 39.4 Å². The number of thiocarbonyl (C=S) groups is 1. The quantitative estimate of drug-likeness (QED) is 0.0450. The second kappa shape index (κ2) is 14.7. The zero-order chi connectivity index (χ0) is 33.1. The third kappa shape index (κ3) is 7.44. The molecular formula is C22H42N10O11S. The first kappa shape index (κ1) is 35.9. The van der Waals surface area contributed by atoms with Crippen LogP contribution in [0.15, 0.2) is 15.1 Å². The Morgan fingerprint density at radius 1 is 0.886 bits per heavy atom. The van der Waals surface area contributed by atoms with Gasteiger partial charge >= 0.3 is 0 Å². The molecule has 0 aromatic rings. The van der Waals surface area contributed by atoms with Gasteiger partial charge in [0, 0.05) is 0 Å². The number of aliphatic hydroxyl groups is 7. The van der Waals surface area contributed by atoms with E-state index in [1.807, 2.05) is 0 Å². The van der Waals surface area contributed by atoms with Gasteiger partial charge in [-0.2, -0.15) is 5.10 Å². The van der Waals surface area contributed by atoms with Gasteiger partial charge in [-0.1, -0.05) is 0 Å². The van der Waals surface area contributed by atoms with E-state index < -0.39 is 110 Å². The highest BCUT2D eigenvalue weighted by Crippen LogP contribution is 2.38. The summed E-state index contributed by atoms with van der Waals surface area (Å²) in [6.07, 6.45) is -16.2. The molecule has 15 atom stereocenters. The molecule has 3 rings (SSSR count). The Labute approximate surface area is 256 Å². The van der Waals surface area contributed by atoms with Crippen molar-refractivity contribution in [2.45, 2.75) is 98.2 Å². The van der Waals surface area contributed by atoms with Gasteiger partial charge in [0.15, 0.2) is 35.2 Å². The molecule has 22 heteroatoms. The first-order valence-corrected chi connectivity index (χ1v) is 13.8. The molecule has 21 nitrogen and oxygen atoms in total. The van der Waals surface area contributed by atoms with E-state index in [1.165, 1.54) is 14.0 Å². The Kier molecular flexibility index (Phi) is 12.0. The van der Waals surface area contributed by atoms with Crippen LogP contribution in [-0.4, -0.2) is 164 Å². The Morgan fingerprint density at radius 3 is 2.05 bits per heavy atom. The van der Waals surface area contributed by atoms with Crippen molar-refractivity contribution in [2.24, 2.45) is 43.8 Å². The molecule has 252 valence electrons. The molecule has 0 radical (unpaired) electrons. The van der Waals surface area contributed by atoms with Crippen molar-refractivity contribution in [3.05, 3.63) is 0 Å². The fourth-order valence-corrected chi connectivity index (χ4v) is 5.35. The molecule has 0 spiro atoms. The Bertz CT molecular complexity index is 1090. The SMILES string of the molecule is CN[C@@H]1[C@H](O[C@@H]2[C@H](O[C@@H]3[C@H](O)[C@H](O)[C@H](N=C(N)N)[C@H](O)[C@@H]3N=C(N)N)O[C@H](C)[C@]2(O)C=NNC(N)=S)O[C@H](CO)[C@@H](O)[C@H]1O. The van der Waals surface area contributed by atoms with Crippen molar-refractivity contribution in [3.63, 3.8) is 0 Å². The maximum Gasteiger partial charge on any atom is 0.188 e. The third-order valence-corrected chi connectivity index (χ3v) is 7.69. The lowest BCUT2D eigenvalue weighted by Gasteiger charge is -2.45. The van der Waals surface area contributed by atoms with Crippen molar-refractivity contribution in [1.29, 1.82) is 0 Å². The number of nitrogens with two attached hydrogens (primary N) is 5. The van der Waals surface area contributed by atoms with Crippen LogP contribution in [0.5, 0.6) is 0 Å². The van der Waals surface area contributed by atoms with E-state index in [1.54, 1.807) is 0 Å². The predicted octanol–water partition coefficient (Wildman–Crippen LogP) is -8.54. The summed E-state index contributed by atoms with van der Waals surface area (Å²) < 4.78 is 23.6. The normalized spacial score (nSPS) is 44.3. The van der Waals surface area contributed by atoms with Crippen molar-refractivity contribution in [3.8, 4) is 0 Å². The smallest absolute Gasteiger partial charge is 0.188 e. The fourth-order valence-electron chi connectivity index (χ4n) is 5.29. The molecule has 1 aliphatic carbocycles. The average molecular weight is 655 g/mol. The number of rotatable bonds is 10. The van der Waals surface area contributed by atoms with E-state index in [0.717, 1.165) is 6.21 Å². The van der Waals surface area contributed by atoms with Gasteiger partial charge in [-0.25, -0.2) is 9.98 Å². The molecular weight excluding hydrogens is 612 g/mol. The summed E-state index contributed by atoms with van der Waals surface area (Å²) in [5, 5.41) is 81.7. The summed E-state index contributed by atoms with van der Waals surface area (Å²) in [5.74, 6) is -1.02. The second-order valence-electron chi connectivity index (χ2n) is 10.5. The third-order valence-electron chi connectivity index (χ3n) is 7.59. The maximum absolute atomic E-state index is 11.8. The number of guanidine groups is 2. The van der Waals surface area contributed by atoms with Gasteiger partial charge in [-0.3, -0.25) is 5.43 Å². The number of aliphatic imine (C=N–C) groups is 2. The molecule has 44 heavy (non-hydrogen) atoms. The number of aliphatic hydroxyl groups excluding tert-OH is 6. The topological polar surface area (TPSA) is 370 Å². The van der Waals surface area contributed by atoms with Crippen molar-refractivity contribution in [1.82, 2.24) is 10.7 Å². The summed E-state index contributed by atoms with van der Waals surface area (Å²) in [7, 11) is 1.44. The number of nitrogens with one attached hydrogen (secondary N) is 2. The lowest BCUT2D eigenvalue weighted by Crippen LogP contribution is -2.66. The van der Waals surface area contributed by atoms with E-state index in [9.17, 15) is 35.7 Å². The van der Waals surface area contributed by atoms with Crippen LogP contribution in [0.2, 0.25) is 0 Å². The van der Waals surface area contributed by atoms with E-state index >= 15 is 0 Å². The number of hydrazone groups is 1. The van der Waals surface area contributed by atoms with Crippen LogP contribution >= 0.6 is 12.2 Å². The molecule has 19 N–H and O–H groups in total. The van der Waals surface area contributed by atoms with Crippen molar-refractivity contribution < 1.29 is 54.7 Å². The second-order valence-corrected chi connectivity index (χ2v) is 10.9. The highest BCUT2D eigenvalue weighted by Gasteiger charge is 2.60. The summed E-state index contributed by atoms with van der Waals surface area (Å²) in [6.45, 7) is 0.721. The number of likely N-dealkylation sites (N-methyl/N-ethyl adjacent to an activating group) is 1. The van der Waals surface area contributed by atoms with E-state index in [-0.39, 0.29) is 5.11 Å². The Morgan fingerprint density at radius 2 is 1.50 bits per heavy atom. The van der Waals surface area contributed by atoms with Crippen LogP contribution in [0.1, 0.15) is 6.92 Å². The molecule has 0 unspecified atom stereocenters. The predicted molar refractivity (Wildman–Crippen MR) is 155 cm³/mol. The van der Waals surface area contributed by atoms with E-state index in [0.29, 0.717) is 0 Å². The first-order chi connectivity index (χ1) is 20.6. The van der Waals surface area contributed by atoms with Gasteiger partial charge in [0.1, 0.15) is 60.9 Å². The van der Waals surface area contributed by atoms with Gasteiger partial charge in [0.05, 0.1) is 25.0 Å². The molecule has 0 aromatic carbocycles. The molecule has 2 heterocycles. The zero-order valence-electron chi connectivity index (χ0n) is 23.8. The van der Waals surface area contributed by atoms with Gasteiger partial charge < -0.3 is 88.7 Å². The number of hydrogen-bond acceptors (Lipinski definition) is 16. The molecule has 2 aliphatic heterocycles. The molecule has 3 aliphatic rings. The highest BCUT2D eigenvalue weighted by molar-refractivity contribution is 7.80. The largest absolute Gasteiger partial charge is 0.394 e. The lowest BCUT2D eigenvalue weighted by atomic mass is 9.81. The van der Waals surface area contributed by atoms with E-state index in [4.69, 9.17) is 59.8 Å². The standard InChI is InChI=1S/C22H42N10O11S/c1-5-22(39,4-29-32-21(27)44)16(43-17-9(28-2)13(37)10(34)6(3-33)41-17)18(40-5)42-15-8(31-20(25)26)11(35)7(30-19(23)24)12(36)14(15)38/h4-18,28,33-39H,3H2,1-2H3,(H4,23,24,30)(H4,25,26,31)(H3,27,32,44)/t5-,6-,7-,8+,9+,10-,11+,12-,13+,14-,15+,16-,17+,18+,22-/m1/s1. The van der Waals surface area contributed by atoms with Crippen LogP contribution in [0.4, 0.5) is 0 Å². The highest BCUT2D eigenvalue weighted by atomic mass is 32.1. The zero-order valence-corrected chi connectivity index (χ0v) is 24.6. The summed E-state index contributed by atoms with van der Waals surface area (Å²) >= 11 is 4.74. The van der Waals surface area contributed by atoms with Gasteiger partial charge in [-0.05, 0) is 26.2 Å². The number of nitrogens with zero attached hydrogens (tertiary/aromatic N) is 3. The molecule has 0 amide bonds.